The van der Waals surface area contributed by atoms with Gasteiger partial charge in [0.25, 0.3) is 0 Å². The first kappa shape index (κ1) is 16.4. The molecule has 2 aromatic rings. The van der Waals surface area contributed by atoms with Crippen molar-refractivity contribution in [3.05, 3.63) is 59.7 Å². The predicted molar refractivity (Wildman–Crippen MR) is 94.5 cm³/mol. The minimum absolute atomic E-state index is 0.165. The molecule has 22 heavy (non-hydrogen) atoms. The van der Waals surface area contributed by atoms with Crippen molar-refractivity contribution in [2.75, 3.05) is 0 Å². The molecule has 2 aromatic carbocycles. The van der Waals surface area contributed by atoms with E-state index in [9.17, 15) is 0 Å². The van der Waals surface area contributed by atoms with Crippen LogP contribution >= 0.6 is 0 Å². The zero-order valence-corrected chi connectivity index (χ0v) is 14.5. The summed E-state index contributed by atoms with van der Waals surface area (Å²) in [6, 6.07) is 16.6. The molecule has 0 N–H and O–H groups in total. The summed E-state index contributed by atoms with van der Waals surface area (Å²) >= 11 is 0. The monoisotopic (exact) mass is 294 g/mol. The van der Waals surface area contributed by atoms with Crippen molar-refractivity contribution in [3.8, 4) is 0 Å². The van der Waals surface area contributed by atoms with Crippen LogP contribution in [0.1, 0.15) is 52.7 Å². The molecule has 0 amide bonds. The van der Waals surface area contributed by atoms with Crippen molar-refractivity contribution in [1.82, 2.24) is 0 Å². The molecule has 0 saturated carbocycles. The summed E-state index contributed by atoms with van der Waals surface area (Å²) in [7, 11) is 0. The molecule has 0 aliphatic carbocycles. The van der Waals surface area contributed by atoms with Gasteiger partial charge in [-0.25, -0.2) is 0 Å². The summed E-state index contributed by atoms with van der Waals surface area (Å²) in [5.41, 5.74) is 4.71. The van der Waals surface area contributed by atoms with E-state index in [4.69, 9.17) is 0 Å². The SMILES string of the molecule is CC(C)(C)c1ccc(N=Nc2ccc(C(C)(C)C)cc2)cc1. The first-order valence-corrected chi connectivity index (χ1v) is 7.79. The predicted octanol–water partition coefficient (Wildman–Crippen LogP) is 6.70. The van der Waals surface area contributed by atoms with Gasteiger partial charge in [0.2, 0.25) is 0 Å². The lowest BCUT2D eigenvalue weighted by Crippen LogP contribution is -2.10. The fourth-order valence-corrected chi connectivity index (χ4v) is 2.17. The number of benzene rings is 2. The molecule has 2 nitrogen and oxygen atoms in total. The van der Waals surface area contributed by atoms with Gasteiger partial charge in [0.05, 0.1) is 11.4 Å². The summed E-state index contributed by atoms with van der Waals surface area (Å²) in [6.45, 7) is 13.3. The highest BCUT2D eigenvalue weighted by Crippen LogP contribution is 2.27. The summed E-state index contributed by atoms with van der Waals surface area (Å²) in [5.74, 6) is 0. The molecule has 0 heterocycles. The molecule has 2 heteroatoms. The molecular weight excluding hydrogens is 268 g/mol. The zero-order chi connectivity index (χ0) is 16.4. The first-order valence-electron chi connectivity index (χ1n) is 7.79. The average Bonchev–Trinajstić information content (AvgIpc) is 2.44. The highest BCUT2D eigenvalue weighted by molar-refractivity contribution is 5.43. The summed E-state index contributed by atoms with van der Waals surface area (Å²) in [4.78, 5) is 0. The number of hydrogen-bond donors (Lipinski definition) is 0. The quantitative estimate of drug-likeness (QED) is 0.551. The summed E-state index contributed by atoms with van der Waals surface area (Å²) in [6.07, 6.45) is 0. The molecule has 2 rings (SSSR count). The van der Waals surface area contributed by atoms with Gasteiger partial charge in [-0.05, 0) is 46.2 Å². The minimum Gasteiger partial charge on any atom is -0.151 e. The Bertz CT molecular complexity index is 577. The van der Waals surface area contributed by atoms with Gasteiger partial charge in [0, 0.05) is 0 Å². The maximum absolute atomic E-state index is 4.32. The summed E-state index contributed by atoms with van der Waals surface area (Å²) in [5, 5.41) is 8.63. The van der Waals surface area contributed by atoms with Gasteiger partial charge >= 0.3 is 0 Å². The van der Waals surface area contributed by atoms with Crippen LogP contribution in [0.4, 0.5) is 11.4 Å². The maximum atomic E-state index is 4.32. The molecule has 0 spiro atoms. The van der Waals surface area contributed by atoms with E-state index in [1.807, 2.05) is 24.3 Å². The van der Waals surface area contributed by atoms with Crippen LogP contribution in [0.3, 0.4) is 0 Å². The Balaban J connectivity index is 2.12. The normalized spacial score (nSPS) is 12.8. The summed E-state index contributed by atoms with van der Waals surface area (Å²) < 4.78 is 0. The van der Waals surface area contributed by atoms with Gasteiger partial charge in [0.15, 0.2) is 0 Å². The van der Waals surface area contributed by atoms with Crippen LogP contribution in [-0.4, -0.2) is 0 Å². The van der Waals surface area contributed by atoms with Crippen LogP contribution in [0.25, 0.3) is 0 Å². The third-order valence-corrected chi connectivity index (χ3v) is 3.75. The highest BCUT2D eigenvalue weighted by Gasteiger charge is 2.13. The lowest BCUT2D eigenvalue weighted by atomic mass is 9.87. The minimum atomic E-state index is 0.165. The van der Waals surface area contributed by atoms with Crippen LogP contribution < -0.4 is 0 Å². The standard InChI is InChI=1S/C20H26N2/c1-19(2,3)15-7-11-17(12-8-15)21-22-18-13-9-16(10-14-18)20(4,5)6/h7-14H,1-6H3. The van der Waals surface area contributed by atoms with E-state index < -0.39 is 0 Å². The fraction of sp³-hybridized carbons (Fsp3) is 0.400. The van der Waals surface area contributed by atoms with E-state index in [0.717, 1.165) is 11.4 Å². The van der Waals surface area contributed by atoms with Crippen molar-refractivity contribution >= 4 is 11.4 Å². The van der Waals surface area contributed by atoms with Crippen LogP contribution in [0, 0.1) is 0 Å². The van der Waals surface area contributed by atoms with Crippen molar-refractivity contribution in [2.24, 2.45) is 10.2 Å². The Morgan fingerprint density at radius 2 is 0.773 bits per heavy atom. The lowest BCUT2D eigenvalue weighted by molar-refractivity contribution is 0.590. The van der Waals surface area contributed by atoms with Crippen LogP contribution in [-0.2, 0) is 10.8 Å². The maximum Gasteiger partial charge on any atom is 0.0857 e. The van der Waals surface area contributed by atoms with Gasteiger partial charge < -0.3 is 0 Å². The second kappa shape index (κ2) is 6.04. The van der Waals surface area contributed by atoms with E-state index >= 15 is 0 Å². The molecule has 0 atom stereocenters. The van der Waals surface area contributed by atoms with Gasteiger partial charge in [-0.2, -0.15) is 10.2 Å². The van der Waals surface area contributed by atoms with E-state index in [2.05, 4.69) is 76.0 Å². The van der Waals surface area contributed by atoms with Crippen molar-refractivity contribution < 1.29 is 0 Å². The average molecular weight is 294 g/mol. The topological polar surface area (TPSA) is 24.7 Å². The second-order valence-corrected chi connectivity index (χ2v) is 7.79. The van der Waals surface area contributed by atoms with E-state index in [1.165, 1.54) is 11.1 Å². The third kappa shape index (κ3) is 4.27. The van der Waals surface area contributed by atoms with Crippen LogP contribution in [0.5, 0.6) is 0 Å². The molecule has 0 fully saturated rings. The highest BCUT2D eigenvalue weighted by atomic mass is 15.1. The van der Waals surface area contributed by atoms with Gasteiger partial charge in [-0.15, -0.1) is 0 Å². The third-order valence-electron chi connectivity index (χ3n) is 3.75. The zero-order valence-electron chi connectivity index (χ0n) is 14.5. The Labute approximate surface area is 134 Å². The molecule has 0 aliphatic heterocycles. The van der Waals surface area contributed by atoms with Gasteiger partial charge in [0.1, 0.15) is 0 Å². The Hall–Kier alpha value is -1.96. The molecular formula is C20H26N2. The molecule has 0 aliphatic rings. The Morgan fingerprint density at radius 1 is 0.500 bits per heavy atom. The van der Waals surface area contributed by atoms with Gasteiger partial charge in [-0.3, -0.25) is 0 Å². The fourth-order valence-electron chi connectivity index (χ4n) is 2.17. The van der Waals surface area contributed by atoms with Crippen molar-refractivity contribution in [1.29, 1.82) is 0 Å². The molecule has 0 saturated heterocycles. The molecule has 0 aromatic heterocycles. The van der Waals surface area contributed by atoms with Crippen molar-refractivity contribution in [3.63, 3.8) is 0 Å². The number of nitrogens with zero attached hydrogens (tertiary/aromatic N) is 2. The van der Waals surface area contributed by atoms with E-state index in [1.54, 1.807) is 0 Å². The molecule has 0 bridgehead atoms. The van der Waals surface area contributed by atoms with Crippen LogP contribution in [0.15, 0.2) is 58.8 Å². The Kier molecular flexibility index (Phi) is 4.50. The van der Waals surface area contributed by atoms with E-state index in [0.29, 0.717) is 0 Å². The smallest absolute Gasteiger partial charge is 0.0857 e. The second-order valence-electron chi connectivity index (χ2n) is 7.79. The number of azo groups is 1. The Morgan fingerprint density at radius 3 is 1.00 bits per heavy atom. The molecule has 0 radical (unpaired) electrons. The molecule has 0 unspecified atom stereocenters. The van der Waals surface area contributed by atoms with Crippen LogP contribution in [0.2, 0.25) is 0 Å². The number of rotatable bonds is 2. The van der Waals surface area contributed by atoms with Gasteiger partial charge in [-0.1, -0.05) is 65.8 Å². The first-order chi connectivity index (χ1) is 10.2. The molecule has 116 valence electrons. The van der Waals surface area contributed by atoms with E-state index in [-0.39, 0.29) is 10.8 Å². The number of hydrogen-bond acceptors (Lipinski definition) is 2. The lowest BCUT2D eigenvalue weighted by Gasteiger charge is -2.18. The largest absolute Gasteiger partial charge is 0.151 e. The van der Waals surface area contributed by atoms with Crippen molar-refractivity contribution in [2.45, 2.75) is 52.4 Å².